The number of nitrogens with two attached hydrogens (primary N) is 1. The van der Waals surface area contributed by atoms with E-state index in [0.29, 0.717) is 22.2 Å². The van der Waals surface area contributed by atoms with Crippen LogP contribution in [0.15, 0.2) is 18.2 Å². The summed E-state index contributed by atoms with van der Waals surface area (Å²) < 4.78 is 0. The first kappa shape index (κ1) is 12.2. The highest BCUT2D eigenvalue weighted by Gasteiger charge is 2.23. The van der Waals surface area contributed by atoms with Crippen molar-refractivity contribution >= 4 is 23.2 Å². The average Bonchev–Trinajstić information content (AvgIpc) is 2.68. The van der Waals surface area contributed by atoms with E-state index >= 15 is 0 Å². The standard InChI is InChI=1S/C13H17ClN2O/c1-8-5-6-9(7-8)16-13(17)10-3-2-4-11(14)12(10)15/h2-4,8-9H,5-7,15H2,1H3,(H,16,17). The van der Waals surface area contributed by atoms with Gasteiger partial charge in [-0.25, -0.2) is 0 Å². The molecule has 4 heteroatoms. The van der Waals surface area contributed by atoms with Crippen molar-refractivity contribution in [1.29, 1.82) is 0 Å². The summed E-state index contributed by atoms with van der Waals surface area (Å²) in [5, 5.41) is 3.44. The van der Waals surface area contributed by atoms with Gasteiger partial charge in [-0.2, -0.15) is 0 Å². The van der Waals surface area contributed by atoms with E-state index in [1.165, 1.54) is 6.42 Å². The van der Waals surface area contributed by atoms with Crippen LogP contribution in [-0.4, -0.2) is 11.9 Å². The second-order valence-corrected chi connectivity index (χ2v) is 5.20. The van der Waals surface area contributed by atoms with Gasteiger partial charge < -0.3 is 11.1 Å². The molecule has 0 aromatic heterocycles. The van der Waals surface area contributed by atoms with E-state index in [1.807, 2.05) is 0 Å². The molecule has 2 atom stereocenters. The highest BCUT2D eigenvalue weighted by atomic mass is 35.5. The summed E-state index contributed by atoms with van der Waals surface area (Å²) in [6, 6.07) is 5.40. The summed E-state index contributed by atoms with van der Waals surface area (Å²) in [5.74, 6) is 0.570. The van der Waals surface area contributed by atoms with Gasteiger partial charge in [0.15, 0.2) is 0 Å². The number of amides is 1. The first-order valence-electron chi connectivity index (χ1n) is 5.92. The molecule has 0 saturated heterocycles. The van der Waals surface area contributed by atoms with Gasteiger partial charge in [-0.05, 0) is 37.3 Å². The third-order valence-electron chi connectivity index (χ3n) is 3.33. The van der Waals surface area contributed by atoms with Gasteiger partial charge in [-0.1, -0.05) is 24.6 Å². The molecule has 2 unspecified atom stereocenters. The third-order valence-corrected chi connectivity index (χ3v) is 3.66. The summed E-state index contributed by atoms with van der Waals surface area (Å²) in [4.78, 5) is 12.0. The molecule has 2 rings (SSSR count). The Morgan fingerprint density at radius 3 is 2.88 bits per heavy atom. The Hall–Kier alpha value is -1.22. The molecule has 0 aliphatic heterocycles. The van der Waals surface area contributed by atoms with Gasteiger partial charge in [0.2, 0.25) is 0 Å². The predicted octanol–water partition coefficient (Wildman–Crippen LogP) is 2.84. The van der Waals surface area contributed by atoms with E-state index in [2.05, 4.69) is 12.2 Å². The molecular formula is C13H17ClN2O. The number of carbonyl (C=O) groups excluding carboxylic acids is 1. The topological polar surface area (TPSA) is 55.1 Å². The van der Waals surface area contributed by atoms with Gasteiger partial charge in [0, 0.05) is 6.04 Å². The largest absolute Gasteiger partial charge is 0.397 e. The predicted molar refractivity (Wildman–Crippen MR) is 70.1 cm³/mol. The van der Waals surface area contributed by atoms with E-state index in [0.717, 1.165) is 12.8 Å². The zero-order chi connectivity index (χ0) is 12.4. The molecule has 17 heavy (non-hydrogen) atoms. The number of hydrogen-bond donors (Lipinski definition) is 2. The number of nitrogen functional groups attached to an aromatic ring is 1. The van der Waals surface area contributed by atoms with E-state index in [1.54, 1.807) is 18.2 Å². The molecule has 0 heterocycles. The lowest BCUT2D eigenvalue weighted by Crippen LogP contribution is -2.33. The molecule has 1 fully saturated rings. The first-order chi connectivity index (χ1) is 8.08. The van der Waals surface area contributed by atoms with Crippen molar-refractivity contribution in [2.24, 2.45) is 5.92 Å². The molecule has 1 aliphatic rings. The summed E-state index contributed by atoms with van der Waals surface area (Å²) in [6.07, 6.45) is 3.27. The van der Waals surface area contributed by atoms with Crippen LogP contribution in [0, 0.1) is 5.92 Å². The van der Waals surface area contributed by atoms with E-state index in [-0.39, 0.29) is 11.9 Å². The minimum absolute atomic E-state index is 0.121. The Morgan fingerprint density at radius 2 is 2.24 bits per heavy atom. The van der Waals surface area contributed by atoms with Crippen LogP contribution in [0.5, 0.6) is 0 Å². The number of hydrogen-bond acceptors (Lipinski definition) is 2. The van der Waals surface area contributed by atoms with Crippen molar-refractivity contribution in [3.05, 3.63) is 28.8 Å². The molecule has 0 spiro atoms. The fourth-order valence-corrected chi connectivity index (χ4v) is 2.51. The van der Waals surface area contributed by atoms with Crippen LogP contribution in [0.1, 0.15) is 36.5 Å². The van der Waals surface area contributed by atoms with Gasteiger partial charge in [0.05, 0.1) is 16.3 Å². The van der Waals surface area contributed by atoms with Crippen LogP contribution in [0.3, 0.4) is 0 Å². The van der Waals surface area contributed by atoms with Gasteiger partial charge in [-0.3, -0.25) is 4.79 Å². The molecule has 0 bridgehead atoms. The minimum atomic E-state index is -0.121. The maximum absolute atomic E-state index is 12.0. The smallest absolute Gasteiger partial charge is 0.253 e. The number of nitrogens with one attached hydrogen (secondary N) is 1. The lowest BCUT2D eigenvalue weighted by molar-refractivity contribution is 0.0938. The zero-order valence-corrected chi connectivity index (χ0v) is 10.6. The van der Waals surface area contributed by atoms with Gasteiger partial charge in [0.25, 0.3) is 5.91 Å². The quantitative estimate of drug-likeness (QED) is 0.796. The van der Waals surface area contributed by atoms with Gasteiger partial charge in [-0.15, -0.1) is 0 Å². The molecule has 1 aromatic carbocycles. The van der Waals surface area contributed by atoms with Crippen LogP contribution >= 0.6 is 11.6 Å². The third kappa shape index (κ3) is 2.72. The monoisotopic (exact) mass is 252 g/mol. The number of carbonyl (C=O) groups is 1. The highest BCUT2D eigenvalue weighted by molar-refractivity contribution is 6.33. The summed E-state index contributed by atoms with van der Waals surface area (Å²) in [5.41, 5.74) is 6.62. The molecule has 1 aromatic rings. The number of benzene rings is 1. The zero-order valence-electron chi connectivity index (χ0n) is 9.87. The molecule has 1 saturated carbocycles. The summed E-state index contributed by atoms with van der Waals surface area (Å²) in [6.45, 7) is 2.21. The maximum atomic E-state index is 12.0. The molecule has 92 valence electrons. The van der Waals surface area contributed by atoms with Crippen molar-refractivity contribution in [2.75, 3.05) is 5.73 Å². The highest BCUT2D eigenvalue weighted by Crippen LogP contribution is 2.26. The van der Waals surface area contributed by atoms with Crippen molar-refractivity contribution in [1.82, 2.24) is 5.32 Å². The fraction of sp³-hybridized carbons (Fsp3) is 0.462. The Bertz CT molecular complexity index is 433. The van der Waals surface area contributed by atoms with Crippen LogP contribution in [0.2, 0.25) is 5.02 Å². The Labute approximate surface area is 106 Å². The van der Waals surface area contributed by atoms with Gasteiger partial charge >= 0.3 is 0 Å². The Kier molecular flexibility index (Phi) is 3.57. The van der Waals surface area contributed by atoms with Gasteiger partial charge in [0.1, 0.15) is 0 Å². The Morgan fingerprint density at radius 1 is 1.47 bits per heavy atom. The normalized spacial score (nSPS) is 23.6. The second kappa shape index (κ2) is 4.96. The Balaban J connectivity index is 2.07. The number of halogens is 1. The van der Waals surface area contributed by atoms with Crippen molar-refractivity contribution < 1.29 is 4.79 Å². The number of rotatable bonds is 2. The van der Waals surface area contributed by atoms with E-state index < -0.39 is 0 Å². The molecule has 3 N–H and O–H groups in total. The minimum Gasteiger partial charge on any atom is -0.397 e. The number of para-hydroxylation sites is 1. The van der Waals surface area contributed by atoms with E-state index in [9.17, 15) is 4.79 Å². The molecule has 1 aliphatic carbocycles. The van der Waals surface area contributed by atoms with Crippen LogP contribution in [-0.2, 0) is 0 Å². The maximum Gasteiger partial charge on any atom is 0.253 e. The molecule has 0 radical (unpaired) electrons. The lowest BCUT2D eigenvalue weighted by atomic mass is 10.1. The van der Waals surface area contributed by atoms with Crippen LogP contribution in [0.4, 0.5) is 5.69 Å². The SMILES string of the molecule is CC1CCC(NC(=O)c2cccc(Cl)c2N)C1. The number of anilines is 1. The second-order valence-electron chi connectivity index (χ2n) is 4.79. The van der Waals surface area contributed by atoms with Crippen molar-refractivity contribution in [2.45, 2.75) is 32.2 Å². The van der Waals surface area contributed by atoms with E-state index in [4.69, 9.17) is 17.3 Å². The lowest BCUT2D eigenvalue weighted by Gasteiger charge is -2.14. The van der Waals surface area contributed by atoms with Crippen LogP contribution < -0.4 is 11.1 Å². The fourth-order valence-electron chi connectivity index (χ4n) is 2.34. The molecule has 3 nitrogen and oxygen atoms in total. The average molecular weight is 253 g/mol. The molecule has 1 amide bonds. The van der Waals surface area contributed by atoms with Crippen molar-refractivity contribution in [3.63, 3.8) is 0 Å². The summed E-state index contributed by atoms with van der Waals surface area (Å²) in [7, 11) is 0. The van der Waals surface area contributed by atoms with Crippen molar-refractivity contribution in [3.8, 4) is 0 Å². The van der Waals surface area contributed by atoms with Crippen LogP contribution in [0.25, 0.3) is 0 Å². The molecular weight excluding hydrogens is 236 g/mol. The first-order valence-corrected chi connectivity index (χ1v) is 6.30. The summed E-state index contributed by atoms with van der Waals surface area (Å²) >= 11 is 5.89.